The normalized spacial score (nSPS) is 12.0. The Labute approximate surface area is 113 Å². The molecule has 0 aliphatic rings. The standard InChI is InChI=1S/C12H23N3O4/c1-9(15(2)3)8-13-12(19)14-10(16)6-4-5-7-11(17)18/h9H,4-8H2,1-3H3,(H,17,18)(H2,13,14,16,19). The van der Waals surface area contributed by atoms with Gasteiger partial charge in [-0.1, -0.05) is 0 Å². The number of carbonyl (C=O) groups excluding carboxylic acids is 2. The molecule has 0 aromatic heterocycles. The molecule has 0 aliphatic heterocycles. The number of carboxylic acid groups (broad SMARTS) is 1. The summed E-state index contributed by atoms with van der Waals surface area (Å²) in [6.45, 7) is 2.40. The van der Waals surface area contributed by atoms with Gasteiger partial charge in [0.2, 0.25) is 5.91 Å². The van der Waals surface area contributed by atoms with Crippen molar-refractivity contribution in [3.05, 3.63) is 0 Å². The molecule has 0 aromatic rings. The highest BCUT2D eigenvalue weighted by Gasteiger charge is 2.10. The van der Waals surface area contributed by atoms with Gasteiger partial charge in [0.25, 0.3) is 0 Å². The number of urea groups is 1. The Morgan fingerprint density at radius 1 is 1.16 bits per heavy atom. The highest BCUT2D eigenvalue weighted by atomic mass is 16.4. The highest BCUT2D eigenvalue weighted by molar-refractivity contribution is 5.94. The largest absolute Gasteiger partial charge is 0.481 e. The van der Waals surface area contributed by atoms with Gasteiger partial charge in [-0.2, -0.15) is 0 Å². The van der Waals surface area contributed by atoms with Crippen LogP contribution in [-0.2, 0) is 9.59 Å². The second-order valence-corrected chi connectivity index (χ2v) is 4.67. The van der Waals surface area contributed by atoms with E-state index in [1.54, 1.807) is 0 Å². The summed E-state index contributed by atoms with van der Waals surface area (Å²) in [6.07, 6.45) is 1.09. The average Bonchev–Trinajstić information content (AvgIpc) is 2.31. The van der Waals surface area contributed by atoms with Gasteiger partial charge >= 0.3 is 12.0 Å². The van der Waals surface area contributed by atoms with Crippen molar-refractivity contribution in [3.63, 3.8) is 0 Å². The van der Waals surface area contributed by atoms with Gasteiger partial charge in [-0.25, -0.2) is 4.79 Å². The third kappa shape index (κ3) is 10.0. The lowest BCUT2D eigenvalue weighted by Gasteiger charge is -2.19. The van der Waals surface area contributed by atoms with Crippen LogP contribution in [0.5, 0.6) is 0 Å². The molecule has 0 saturated heterocycles. The number of hydrogen-bond donors (Lipinski definition) is 3. The summed E-state index contributed by atoms with van der Waals surface area (Å²) in [6, 6.07) is -0.339. The number of nitrogens with zero attached hydrogens (tertiary/aromatic N) is 1. The first-order valence-corrected chi connectivity index (χ1v) is 6.28. The smallest absolute Gasteiger partial charge is 0.321 e. The van der Waals surface area contributed by atoms with Crippen molar-refractivity contribution in [1.29, 1.82) is 0 Å². The van der Waals surface area contributed by atoms with Crippen molar-refractivity contribution in [2.75, 3.05) is 20.6 Å². The number of unbranched alkanes of at least 4 members (excludes halogenated alkanes) is 1. The molecule has 19 heavy (non-hydrogen) atoms. The summed E-state index contributed by atoms with van der Waals surface area (Å²) in [4.78, 5) is 34.9. The number of carbonyl (C=O) groups is 3. The van der Waals surface area contributed by atoms with Gasteiger partial charge in [0, 0.05) is 25.4 Å². The van der Waals surface area contributed by atoms with E-state index in [-0.39, 0.29) is 24.8 Å². The molecule has 0 fully saturated rings. The molecule has 0 heterocycles. The van der Waals surface area contributed by atoms with Crippen molar-refractivity contribution in [1.82, 2.24) is 15.5 Å². The molecule has 3 amide bonds. The number of nitrogens with one attached hydrogen (secondary N) is 2. The number of aliphatic carboxylic acids is 1. The molecule has 1 unspecified atom stereocenters. The summed E-state index contributed by atoms with van der Waals surface area (Å²) < 4.78 is 0. The van der Waals surface area contributed by atoms with E-state index in [1.807, 2.05) is 25.9 Å². The lowest BCUT2D eigenvalue weighted by Crippen LogP contribution is -2.44. The van der Waals surface area contributed by atoms with Crippen LogP contribution in [0.15, 0.2) is 0 Å². The van der Waals surface area contributed by atoms with Crippen LogP contribution >= 0.6 is 0 Å². The van der Waals surface area contributed by atoms with Gasteiger partial charge in [0.1, 0.15) is 0 Å². The SMILES string of the molecule is CC(CNC(=O)NC(=O)CCCCC(=O)O)N(C)C. The minimum Gasteiger partial charge on any atom is -0.481 e. The topological polar surface area (TPSA) is 98.7 Å². The minimum atomic E-state index is -0.879. The van der Waals surface area contributed by atoms with Gasteiger partial charge in [-0.05, 0) is 33.9 Å². The van der Waals surface area contributed by atoms with Crippen molar-refractivity contribution < 1.29 is 19.5 Å². The van der Waals surface area contributed by atoms with E-state index < -0.39 is 12.0 Å². The number of likely N-dealkylation sites (N-methyl/N-ethyl adjacent to an activating group) is 1. The van der Waals surface area contributed by atoms with Crippen molar-refractivity contribution >= 4 is 17.9 Å². The van der Waals surface area contributed by atoms with Gasteiger partial charge < -0.3 is 15.3 Å². The van der Waals surface area contributed by atoms with Crippen molar-refractivity contribution in [2.24, 2.45) is 0 Å². The molecule has 3 N–H and O–H groups in total. The van der Waals surface area contributed by atoms with E-state index in [0.29, 0.717) is 19.4 Å². The minimum absolute atomic E-state index is 0.0415. The zero-order valence-corrected chi connectivity index (χ0v) is 11.7. The Bertz CT molecular complexity index is 318. The molecule has 7 heteroatoms. The van der Waals surface area contributed by atoms with Crippen LogP contribution in [0.25, 0.3) is 0 Å². The van der Waals surface area contributed by atoms with Gasteiger partial charge in [0.05, 0.1) is 0 Å². The highest BCUT2D eigenvalue weighted by Crippen LogP contribution is 1.99. The number of amides is 3. The number of rotatable bonds is 8. The molecule has 7 nitrogen and oxygen atoms in total. The molecule has 0 saturated carbocycles. The maximum absolute atomic E-state index is 11.4. The van der Waals surface area contributed by atoms with Crippen LogP contribution in [0.4, 0.5) is 4.79 Å². The van der Waals surface area contributed by atoms with Crippen molar-refractivity contribution in [3.8, 4) is 0 Å². The molecule has 0 aliphatic carbocycles. The van der Waals surface area contributed by atoms with E-state index in [4.69, 9.17) is 5.11 Å². The first-order valence-electron chi connectivity index (χ1n) is 6.28. The second kappa shape index (κ2) is 9.32. The fourth-order valence-electron chi connectivity index (χ4n) is 1.22. The maximum atomic E-state index is 11.4. The van der Waals surface area contributed by atoms with E-state index in [2.05, 4.69) is 10.6 Å². The Morgan fingerprint density at radius 3 is 2.26 bits per heavy atom. The second-order valence-electron chi connectivity index (χ2n) is 4.67. The molecule has 1 atom stereocenters. The van der Waals surface area contributed by atoms with Gasteiger partial charge in [0.15, 0.2) is 0 Å². The molecular weight excluding hydrogens is 250 g/mol. The third-order valence-corrected chi connectivity index (χ3v) is 2.74. The molecule has 0 bridgehead atoms. The third-order valence-electron chi connectivity index (χ3n) is 2.74. The van der Waals surface area contributed by atoms with E-state index in [0.717, 1.165) is 0 Å². The fourth-order valence-corrected chi connectivity index (χ4v) is 1.22. The zero-order chi connectivity index (χ0) is 14.8. The van der Waals surface area contributed by atoms with Gasteiger partial charge in [-0.15, -0.1) is 0 Å². The first-order chi connectivity index (χ1) is 8.82. The summed E-state index contributed by atoms with van der Waals surface area (Å²) in [5.41, 5.74) is 0. The van der Waals surface area contributed by atoms with Crippen LogP contribution in [0.1, 0.15) is 32.6 Å². The Hall–Kier alpha value is -1.63. The average molecular weight is 273 g/mol. The van der Waals surface area contributed by atoms with Crippen LogP contribution in [0.2, 0.25) is 0 Å². The first kappa shape index (κ1) is 17.4. The summed E-state index contributed by atoms with van der Waals surface area (Å²) >= 11 is 0. The zero-order valence-electron chi connectivity index (χ0n) is 11.7. The van der Waals surface area contributed by atoms with Crippen LogP contribution in [0, 0.1) is 0 Å². The number of carboxylic acids is 1. The Morgan fingerprint density at radius 2 is 1.74 bits per heavy atom. The quantitative estimate of drug-likeness (QED) is 0.556. The van der Waals surface area contributed by atoms with E-state index in [1.165, 1.54) is 0 Å². The Balaban J connectivity index is 3.69. The van der Waals surface area contributed by atoms with Crippen LogP contribution in [0.3, 0.4) is 0 Å². The molecule has 0 spiro atoms. The molecule has 0 rings (SSSR count). The maximum Gasteiger partial charge on any atom is 0.321 e. The molecule has 0 radical (unpaired) electrons. The van der Waals surface area contributed by atoms with Crippen molar-refractivity contribution in [2.45, 2.75) is 38.6 Å². The summed E-state index contributed by atoms with van der Waals surface area (Å²) in [5, 5.41) is 13.2. The molecule has 110 valence electrons. The predicted molar refractivity (Wildman–Crippen MR) is 70.8 cm³/mol. The predicted octanol–water partition coefficient (Wildman–Crippen LogP) is 0.407. The Kier molecular flexibility index (Phi) is 8.52. The van der Waals surface area contributed by atoms with Crippen LogP contribution in [-0.4, -0.2) is 54.6 Å². The molecular formula is C12H23N3O4. The monoisotopic (exact) mass is 273 g/mol. The number of imide groups is 1. The van der Waals surface area contributed by atoms with Gasteiger partial charge in [-0.3, -0.25) is 14.9 Å². The lowest BCUT2D eigenvalue weighted by molar-refractivity contribution is -0.137. The molecule has 0 aromatic carbocycles. The summed E-state index contributed by atoms with van der Waals surface area (Å²) in [7, 11) is 3.80. The number of hydrogen-bond acceptors (Lipinski definition) is 4. The lowest BCUT2D eigenvalue weighted by atomic mass is 10.2. The fraction of sp³-hybridized carbons (Fsp3) is 0.750. The van der Waals surface area contributed by atoms with E-state index >= 15 is 0 Å². The van der Waals surface area contributed by atoms with Crippen LogP contribution < -0.4 is 10.6 Å². The summed E-state index contributed by atoms with van der Waals surface area (Å²) in [5.74, 6) is -1.27. The van der Waals surface area contributed by atoms with E-state index in [9.17, 15) is 14.4 Å².